The van der Waals surface area contributed by atoms with Crippen molar-refractivity contribution in [3.8, 4) is 23.3 Å². The van der Waals surface area contributed by atoms with Crippen molar-refractivity contribution in [1.82, 2.24) is 15.0 Å². The first-order valence-electron chi connectivity index (χ1n) is 9.07. The Hall–Kier alpha value is -4.19. The van der Waals surface area contributed by atoms with Crippen LogP contribution in [0.5, 0.6) is 23.3 Å². The molecule has 0 amide bonds. The maximum Gasteiger partial charge on any atom is 0.249 e. The van der Waals surface area contributed by atoms with E-state index < -0.39 is 0 Å². The molecule has 2 aromatic heterocycles. The summed E-state index contributed by atoms with van der Waals surface area (Å²) in [5.74, 6) is 1.64. The number of nitrogen functional groups attached to an aromatic ring is 1. The summed E-state index contributed by atoms with van der Waals surface area (Å²) in [5, 5.41) is 3.16. The van der Waals surface area contributed by atoms with Gasteiger partial charge in [0.05, 0.1) is 0 Å². The second kappa shape index (κ2) is 7.09. The van der Waals surface area contributed by atoms with Crippen LogP contribution in [0.15, 0.2) is 85.3 Å². The third-order valence-electron chi connectivity index (χ3n) is 4.55. The molecule has 140 valence electrons. The number of ether oxygens (including phenoxy) is 2. The van der Waals surface area contributed by atoms with Crippen molar-refractivity contribution in [2.45, 2.75) is 0 Å². The average Bonchev–Trinajstić information content (AvgIpc) is 2.77. The molecule has 2 heterocycles. The molecule has 6 nitrogen and oxygen atoms in total. The van der Waals surface area contributed by atoms with Gasteiger partial charge in [0, 0.05) is 11.6 Å². The fraction of sp³-hybridized carbons (Fsp3) is 0. The van der Waals surface area contributed by atoms with Crippen molar-refractivity contribution < 1.29 is 9.47 Å². The van der Waals surface area contributed by atoms with Gasteiger partial charge in [-0.05, 0) is 35.0 Å². The van der Waals surface area contributed by atoms with Crippen LogP contribution >= 0.6 is 0 Å². The van der Waals surface area contributed by atoms with Gasteiger partial charge < -0.3 is 15.2 Å². The first kappa shape index (κ1) is 16.9. The van der Waals surface area contributed by atoms with Gasteiger partial charge in [0.15, 0.2) is 11.4 Å². The molecule has 0 saturated heterocycles. The van der Waals surface area contributed by atoms with Crippen LogP contribution in [0.2, 0.25) is 0 Å². The quantitative estimate of drug-likeness (QED) is 0.453. The molecule has 3 aromatic carbocycles. The number of pyridine rings is 1. The molecule has 2 N–H and O–H groups in total. The third kappa shape index (κ3) is 3.27. The van der Waals surface area contributed by atoms with E-state index in [4.69, 9.17) is 15.2 Å². The second-order valence-electron chi connectivity index (χ2n) is 6.44. The van der Waals surface area contributed by atoms with Gasteiger partial charge in [-0.15, -0.1) is 0 Å². The number of aromatic nitrogens is 3. The van der Waals surface area contributed by atoms with E-state index in [1.807, 2.05) is 72.8 Å². The van der Waals surface area contributed by atoms with Crippen molar-refractivity contribution in [1.29, 1.82) is 0 Å². The number of hydrogen-bond donors (Lipinski definition) is 1. The fourth-order valence-corrected chi connectivity index (χ4v) is 3.13. The molecule has 0 aliphatic carbocycles. The Morgan fingerprint density at radius 2 is 1.41 bits per heavy atom. The molecule has 0 fully saturated rings. The van der Waals surface area contributed by atoms with Crippen molar-refractivity contribution in [3.05, 3.63) is 85.3 Å². The molecule has 5 rings (SSSR count). The van der Waals surface area contributed by atoms with Crippen molar-refractivity contribution in [3.63, 3.8) is 0 Å². The molecular weight excluding hydrogens is 364 g/mol. The van der Waals surface area contributed by atoms with E-state index in [9.17, 15) is 0 Å². The molecule has 0 aliphatic heterocycles. The molecule has 0 spiro atoms. The van der Waals surface area contributed by atoms with Crippen molar-refractivity contribution in [2.75, 3.05) is 5.73 Å². The number of nitrogens with zero attached hydrogens (tertiary/aromatic N) is 3. The molecule has 0 aliphatic rings. The predicted molar refractivity (Wildman–Crippen MR) is 112 cm³/mol. The number of nitrogens with two attached hydrogens (primary N) is 1. The maximum atomic E-state index is 6.24. The van der Waals surface area contributed by atoms with E-state index in [2.05, 4.69) is 15.0 Å². The Morgan fingerprint density at radius 3 is 2.31 bits per heavy atom. The molecule has 5 aromatic rings. The van der Waals surface area contributed by atoms with E-state index in [1.54, 1.807) is 6.20 Å². The van der Waals surface area contributed by atoms with Gasteiger partial charge in [-0.3, -0.25) is 4.98 Å². The highest BCUT2D eigenvalue weighted by atomic mass is 16.5. The summed E-state index contributed by atoms with van der Waals surface area (Å²) in [6, 6.07) is 23.4. The van der Waals surface area contributed by atoms with Crippen molar-refractivity contribution >= 4 is 27.4 Å². The minimum absolute atomic E-state index is 0.216. The number of hydrogen-bond acceptors (Lipinski definition) is 6. The summed E-state index contributed by atoms with van der Waals surface area (Å²) in [5.41, 5.74) is 7.18. The van der Waals surface area contributed by atoms with Gasteiger partial charge in [-0.1, -0.05) is 48.5 Å². The van der Waals surface area contributed by atoms with Crippen LogP contribution in [-0.4, -0.2) is 15.0 Å². The van der Waals surface area contributed by atoms with Crippen LogP contribution < -0.4 is 15.2 Å². The molecular formula is C23H16N4O2. The van der Waals surface area contributed by atoms with E-state index in [0.29, 0.717) is 11.5 Å². The Labute approximate surface area is 166 Å². The topological polar surface area (TPSA) is 83.2 Å². The minimum atomic E-state index is 0.216. The Kier molecular flexibility index (Phi) is 4.14. The van der Waals surface area contributed by atoms with E-state index in [1.165, 1.54) is 6.33 Å². The summed E-state index contributed by atoms with van der Waals surface area (Å²) in [4.78, 5) is 12.7. The monoisotopic (exact) mass is 380 g/mol. The summed E-state index contributed by atoms with van der Waals surface area (Å²) < 4.78 is 11.9. The predicted octanol–water partition coefficient (Wildman–Crippen LogP) is 5.34. The fourth-order valence-electron chi connectivity index (χ4n) is 3.13. The smallest absolute Gasteiger partial charge is 0.249 e. The average molecular weight is 380 g/mol. The molecule has 0 radical (unpaired) electrons. The van der Waals surface area contributed by atoms with Crippen LogP contribution in [0.3, 0.4) is 0 Å². The summed E-state index contributed by atoms with van der Waals surface area (Å²) >= 11 is 0. The SMILES string of the molecule is Nc1c(Oc2ccc3ccccc3c2)ncnc1Oc1cccc2cccnc12. The van der Waals surface area contributed by atoms with Crippen LogP contribution in [0, 0.1) is 0 Å². The number of fused-ring (bicyclic) bond motifs is 2. The van der Waals surface area contributed by atoms with Gasteiger partial charge in [0.25, 0.3) is 0 Å². The normalized spacial score (nSPS) is 10.9. The lowest BCUT2D eigenvalue weighted by Gasteiger charge is -2.12. The second-order valence-corrected chi connectivity index (χ2v) is 6.44. The lowest BCUT2D eigenvalue weighted by Crippen LogP contribution is -2.01. The molecule has 0 atom stereocenters. The Morgan fingerprint density at radius 1 is 0.655 bits per heavy atom. The maximum absolute atomic E-state index is 6.24. The largest absolute Gasteiger partial charge is 0.437 e. The first-order valence-corrected chi connectivity index (χ1v) is 9.07. The summed E-state index contributed by atoms with van der Waals surface area (Å²) in [6.07, 6.45) is 3.08. The highest BCUT2D eigenvalue weighted by Gasteiger charge is 2.14. The minimum Gasteiger partial charge on any atom is -0.437 e. The van der Waals surface area contributed by atoms with Crippen LogP contribution in [0.25, 0.3) is 21.7 Å². The molecule has 0 bridgehead atoms. The number of benzene rings is 3. The summed E-state index contributed by atoms with van der Waals surface area (Å²) in [7, 11) is 0. The van der Waals surface area contributed by atoms with Gasteiger partial charge in [-0.25, -0.2) is 0 Å². The summed E-state index contributed by atoms with van der Waals surface area (Å²) in [6.45, 7) is 0. The molecule has 29 heavy (non-hydrogen) atoms. The van der Waals surface area contributed by atoms with Crippen LogP contribution in [-0.2, 0) is 0 Å². The number of rotatable bonds is 4. The molecule has 0 saturated carbocycles. The standard InChI is InChI=1S/C23H16N4O2/c24-20-22(28-18-11-10-15-5-1-2-6-17(15)13-18)26-14-27-23(20)29-19-9-3-7-16-8-4-12-25-21(16)19/h1-14H,24H2. The van der Waals surface area contributed by atoms with Crippen LogP contribution in [0.1, 0.15) is 0 Å². The third-order valence-corrected chi connectivity index (χ3v) is 4.55. The Balaban J connectivity index is 1.47. The zero-order valence-corrected chi connectivity index (χ0v) is 15.3. The molecule has 6 heteroatoms. The Bertz CT molecular complexity index is 1330. The highest BCUT2D eigenvalue weighted by molar-refractivity contribution is 5.85. The number of anilines is 1. The zero-order valence-electron chi connectivity index (χ0n) is 15.3. The molecule has 0 unspecified atom stereocenters. The lowest BCUT2D eigenvalue weighted by molar-refractivity contribution is 0.440. The van der Waals surface area contributed by atoms with Gasteiger partial charge in [0.2, 0.25) is 11.8 Å². The first-order chi connectivity index (χ1) is 14.3. The van der Waals surface area contributed by atoms with E-state index in [-0.39, 0.29) is 17.4 Å². The number of para-hydroxylation sites is 1. The van der Waals surface area contributed by atoms with Gasteiger partial charge in [0.1, 0.15) is 17.6 Å². The van der Waals surface area contributed by atoms with Crippen LogP contribution in [0.4, 0.5) is 5.69 Å². The zero-order chi connectivity index (χ0) is 19.6. The van der Waals surface area contributed by atoms with Gasteiger partial charge in [-0.2, -0.15) is 9.97 Å². The van der Waals surface area contributed by atoms with Crippen molar-refractivity contribution in [2.24, 2.45) is 0 Å². The lowest BCUT2D eigenvalue weighted by atomic mass is 10.1. The highest BCUT2D eigenvalue weighted by Crippen LogP contribution is 2.35. The van der Waals surface area contributed by atoms with Gasteiger partial charge >= 0.3 is 0 Å². The van der Waals surface area contributed by atoms with E-state index >= 15 is 0 Å². The van der Waals surface area contributed by atoms with E-state index in [0.717, 1.165) is 21.7 Å².